The SMILES string of the molecule is O=C(C1CC=CCC1)N1CCc2sccc2C1c1ccccc1. The molecule has 2 aromatic rings. The first-order valence-electron chi connectivity index (χ1n) is 8.41. The van der Waals surface area contributed by atoms with Crippen LogP contribution < -0.4 is 0 Å². The van der Waals surface area contributed by atoms with Gasteiger partial charge in [-0.15, -0.1) is 11.3 Å². The Balaban J connectivity index is 1.70. The monoisotopic (exact) mass is 323 g/mol. The molecule has 0 fully saturated rings. The van der Waals surface area contributed by atoms with Gasteiger partial charge in [-0.25, -0.2) is 0 Å². The van der Waals surface area contributed by atoms with Crippen molar-refractivity contribution in [2.24, 2.45) is 5.92 Å². The number of carbonyl (C=O) groups excluding carboxylic acids is 1. The van der Waals surface area contributed by atoms with E-state index < -0.39 is 0 Å². The van der Waals surface area contributed by atoms with Crippen molar-refractivity contribution in [2.75, 3.05) is 6.54 Å². The van der Waals surface area contributed by atoms with Crippen LogP contribution in [0.3, 0.4) is 0 Å². The molecule has 1 aliphatic heterocycles. The van der Waals surface area contributed by atoms with Gasteiger partial charge in [-0.05, 0) is 48.3 Å². The van der Waals surface area contributed by atoms with E-state index in [1.165, 1.54) is 16.0 Å². The number of benzene rings is 1. The third-order valence-corrected chi connectivity index (χ3v) is 5.98. The average Bonchev–Trinajstić information content (AvgIpc) is 3.10. The molecular weight excluding hydrogens is 302 g/mol. The second-order valence-corrected chi connectivity index (χ2v) is 7.38. The lowest BCUT2D eigenvalue weighted by Crippen LogP contribution is -2.43. The van der Waals surface area contributed by atoms with Crippen LogP contribution >= 0.6 is 11.3 Å². The molecular formula is C20H21NOS. The van der Waals surface area contributed by atoms with Crippen LogP contribution in [-0.2, 0) is 11.2 Å². The third-order valence-electron chi connectivity index (χ3n) is 4.98. The van der Waals surface area contributed by atoms with Crippen LogP contribution in [-0.4, -0.2) is 17.4 Å². The Morgan fingerprint density at radius 3 is 2.78 bits per heavy atom. The smallest absolute Gasteiger partial charge is 0.226 e. The lowest BCUT2D eigenvalue weighted by molar-refractivity contribution is -0.137. The number of allylic oxidation sites excluding steroid dienone is 2. The average molecular weight is 323 g/mol. The highest BCUT2D eigenvalue weighted by molar-refractivity contribution is 7.10. The minimum Gasteiger partial charge on any atom is -0.331 e. The second kappa shape index (κ2) is 6.32. The standard InChI is InChI=1S/C20H21NOS/c22-20(16-9-5-2-6-10-16)21-13-11-18-17(12-14-23-18)19(21)15-7-3-1-4-8-15/h1-5,7-8,12,14,16,19H,6,9-11,13H2. The van der Waals surface area contributed by atoms with Gasteiger partial charge in [-0.2, -0.15) is 0 Å². The molecule has 1 aromatic carbocycles. The summed E-state index contributed by atoms with van der Waals surface area (Å²) in [4.78, 5) is 16.7. The fraction of sp³-hybridized carbons (Fsp3) is 0.350. The molecule has 0 spiro atoms. The third kappa shape index (κ3) is 2.74. The van der Waals surface area contributed by atoms with Crippen LogP contribution in [0.1, 0.15) is 41.3 Å². The molecule has 2 atom stereocenters. The van der Waals surface area contributed by atoms with Gasteiger partial charge in [0, 0.05) is 17.3 Å². The Hall–Kier alpha value is -1.87. The van der Waals surface area contributed by atoms with Crippen LogP contribution in [0.5, 0.6) is 0 Å². The highest BCUT2D eigenvalue weighted by atomic mass is 32.1. The van der Waals surface area contributed by atoms with Crippen molar-refractivity contribution in [3.63, 3.8) is 0 Å². The molecule has 1 aromatic heterocycles. The quantitative estimate of drug-likeness (QED) is 0.741. The first-order chi connectivity index (χ1) is 11.3. The number of carbonyl (C=O) groups is 1. The van der Waals surface area contributed by atoms with Gasteiger partial charge < -0.3 is 4.90 Å². The molecule has 1 aliphatic carbocycles. The summed E-state index contributed by atoms with van der Waals surface area (Å²) >= 11 is 1.82. The minimum atomic E-state index is 0.0876. The summed E-state index contributed by atoms with van der Waals surface area (Å²) < 4.78 is 0. The van der Waals surface area contributed by atoms with Crippen LogP contribution in [0.25, 0.3) is 0 Å². The maximum atomic E-state index is 13.2. The van der Waals surface area contributed by atoms with Gasteiger partial charge in [-0.3, -0.25) is 4.79 Å². The minimum absolute atomic E-state index is 0.0876. The normalized spacial score (nSPS) is 23.6. The largest absolute Gasteiger partial charge is 0.331 e. The number of amides is 1. The molecule has 118 valence electrons. The zero-order chi connectivity index (χ0) is 15.6. The zero-order valence-electron chi connectivity index (χ0n) is 13.2. The van der Waals surface area contributed by atoms with Crippen LogP contribution in [0.4, 0.5) is 0 Å². The number of nitrogens with zero attached hydrogens (tertiary/aromatic N) is 1. The second-order valence-electron chi connectivity index (χ2n) is 6.38. The summed E-state index contributed by atoms with van der Waals surface area (Å²) in [5.74, 6) is 0.492. The number of hydrogen-bond donors (Lipinski definition) is 0. The van der Waals surface area contributed by atoms with Crippen molar-refractivity contribution < 1.29 is 4.79 Å². The summed E-state index contributed by atoms with van der Waals surface area (Å²) in [6, 6.07) is 12.8. The van der Waals surface area contributed by atoms with E-state index >= 15 is 0 Å². The molecule has 0 saturated heterocycles. The van der Waals surface area contributed by atoms with Crippen molar-refractivity contribution in [3.05, 3.63) is 69.9 Å². The maximum Gasteiger partial charge on any atom is 0.226 e. The molecule has 1 amide bonds. The highest BCUT2D eigenvalue weighted by Crippen LogP contribution is 2.39. The molecule has 2 aliphatic rings. The lowest BCUT2D eigenvalue weighted by Gasteiger charge is -2.38. The molecule has 2 nitrogen and oxygen atoms in total. The van der Waals surface area contributed by atoms with Crippen LogP contribution in [0.2, 0.25) is 0 Å². The van der Waals surface area contributed by atoms with E-state index in [0.717, 1.165) is 32.2 Å². The Morgan fingerprint density at radius 2 is 2.00 bits per heavy atom. The summed E-state index contributed by atoms with van der Waals surface area (Å²) in [6.45, 7) is 0.839. The fourth-order valence-electron chi connectivity index (χ4n) is 3.80. The maximum absolute atomic E-state index is 13.2. The van der Waals surface area contributed by atoms with E-state index in [4.69, 9.17) is 0 Å². The van der Waals surface area contributed by atoms with Crippen molar-refractivity contribution in [1.29, 1.82) is 0 Å². The van der Waals surface area contributed by atoms with E-state index in [1.54, 1.807) is 0 Å². The Labute approximate surface area is 141 Å². The molecule has 0 N–H and O–H groups in total. The van der Waals surface area contributed by atoms with E-state index in [0.29, 0.717) is 5.91 Å². The van der Waals surface area contributed by atoms with Gasteiger partial charge >= 0.3 is 0 Å². The first-order valence-corrected chi connectivity index (χ1v) is 9.29. The number of rotatable bonds is 2. The zero-order valence-corrected chi connectivity index (χ0v) is 14.0. The molecule has 3 heteroatoms. The Morgan fingerprint density at radius 1 is 1.13 bits per heavy atom. The molecule has 4 rings (SSSR count). The Bertz CT molecular complexity index is 718. The van der Waals surface area contributed by atoms with E-state index in [1.807, 2.05) is 17.4 Å². The lowest BCUT2D eigenvalue weighted by atomic mass is 9.88. The molecule has 0 saturated carbocycles. The number of thiophene rings is 1. The molecule has 23 heavy (non-hydrogen) atoms. The van der Waals surface area contributed by atoms with E-state index in [-0.39, 0.29) is 12.0 Å². The van der Waals surface area contributed by atoms with Crippen molar-refractivity contribution in [1.82, 2.24) is 4.90 Å². The molecule has 2 heterocycles. The molecule has 2 unspecified atom stereocenters. The Kier molecular flexibility index (Phi) is 4.04. The van der Waals surface area contributed by atoms with Gasteiger partial charge in [0.15, 0.2) is 0 Å². The summed E-state index contributed by atoms with van der Waals surface area (Å²) in [7, 11) is 0. The first kappa shape index (κ1) is 14.7. The van der Waals surface area contributed by atoms with Gasteiger partial charge in [-0.1, -0.05) is 42.5 Å². The molecule has 0 bridgehead atoms. The van der Waals surface area contributed by atoms with Crippen molar-refractivity contribution >= 4 is 17.2 Å². The predicted molar refractivity (Wildman–Crippen MR) is 94.5 cm³/mol. The predicted octanol–water partition coefficient (Wildman–Crippen LogP) is 4.58. The topological polar surface area (TPSA) is 20.3 Å². The summed E-state index contributed by atoms with van der Waals surface area (Å²) in [5, 5.41) is 2.16. The molecule has 0 radical (unpaired) electrons. The summed E-state index contributed by atoms with van der Waals surface area (Å²) in [6.07, 6.45) is 8.28. The van der Waals surface area contributed by atoms with Gasteiger partial charge in [0.2, 0.25) is 5.91 Å². The van der Waals surface area contributed by atoms with Crippen molar-refractivity contribution in [3.8, 4) is 0 Å². The van der Waals surface area contributed by atoms with Gasteiger partial charge in [0.05, 0.1) is 6.04 Å². The van der Waals surface area contributed by atoms with E-state index in [9.17, 15) is 4.79 Å². The fourth-order valence-corrected chi connectivity index (χ4v) is 4.70. The van der Waals surface area contributed by atoms with Gasteiger partial charge in [0.25, 0.3) is 0 Å². The van der Waals surface area contributed by atoms with Crippen LogP contribution in [0.15, 0.2) is 53.9 Å². The van der Waals surface area contributed by atoms with E-state index in [2.05, 4.69) is 52.8 Å². The van der Waals surface area contributed by atoms with Gasteiger partial charge in [0.1, 0.15) is 0 Å². The summed E-state index contributed by atoms with van der Waals surface area (Å²) in [5.41, 5.74) is 2.55. The highest BCUT2D eigenvalue weighted by Gasteiger charge is 2.35. The van der Waals surface area contributed by atoms with Crippen molar-refractivity contribution in [2.45, 2.75) is 31.7 Å². The number of fused-ring (bicyclic) bond motifs is 1. The van der Waals surface area contributed by atoms with Crippen LogP contribution in [0, 0.1) is 5.92 Å². The number of hydrogen-bond acceptors (Lipinski definition) is 2.